The van der Waals surface area contributed by atoms with E-state index in [9.17, 15) is 0 Å². The van der Waals surface area contributed by atoms with E-state index in [1.807, 2.05) is 0 Å². The average molecular weight is 627 g/mol. The van der Waals surface area contributed by atoms with Crippen LogP contribution in [0.1, 0.15) is 5.56 Å². The maximum atomic E-state index is 6.77. The summed E-state index contributed by atoms with van der Waals surface area (Å²) < 4.78 is 6.77. The van der Waals surface area contributed by atoms with Crippen molar-refractivity contribution in [3.63, 3.8) is 0 Å². The Morgan fingerprint density at radius 3 is 1.78 bits per heavy atom. The van der Waals surface area contributed by atoms with Crippen LogP contribution in [0, 0.1) is 0 Å². The van der Waals surface area contributed by atoms with Gasteiger partial charge in [0.1, 0.15) is 11.2 Å². The van der Waals surface area contributed by atoms with Crippen LogP contribution >= 0.6 is 0 Å². The van der Waals surface area contributed by atoms with Gasteiger partial charge in [-0.1, -0.05) is 140 Å². The van der Waals surface area contributed by atoms with Crippen LogP contribution in [0.15, 0.2) is 173 Å². The van der Waals surface area contributed by atoms with E-state index in [1.54, 1.807) is 0 Å². The lowest BCUT2D eigenvalue weighted by Gasteiger charge is -2.23. The van der Waals surface area contributed by atoms with Gasteiger partial charge >= 0.3 is 0 Å². The molecule has 0 aliphatic carbocycles. The maximum absolute atomic E-state index is 6.77. The van der Waals surface area contributed by atoms with Crippen molar-refractivity contribution < 1.29 is 4.42 Å². The minimum Gasteiger partial charge on any atom is -0.455 e. The molecule has 0 atom stereocenters. The van der Waals surface area contributed by atoms with Gasteiger partial charge in [0, 0.05) is 32.7 Å². The minimum absolute atomic E-state index is 0.619. The van der Waals surface area contributed by atoms with Gasteiger partial charge in [0.2, 0.25) is 0 Å². The zero-order chi connectivity index (χ0) is 32.3. The van der Waals surface area contributed by atoms with E-state index in [4.69, 9.17) is 9.41 Å². The number of nitrogens with zero attached hydrogens (tertiary/aromatic N) is 1. The Hall–Kier alpha value is -6.45. The number of rotatable bonds is 4. The summed E-state index contributed by atoms with van der Waals surface area (Å²) >= 11 is 0. The number of furan rings is 1. The van der Waals surface area contributed by atoms with Crippen molar-refractivity contribution in [2.45, 2.75) is 0 Å². The molecule has 0 spiro atoms. The Morgan fingerprint density at radius 2 is 1.02 bits per heavy atom. The Labute approximate surface area is 283 Å². The van der Waals surface area contributed by atoms with Crippen molar-refractivity contribution in [2.24, 2.45) is 4.99 Å². The quantitative estimate of drug-likeness (QED) is 0.197. The molecule has 1 aliphatic heterocycles. The minimum atomic E-state index is 0.619. The highest BCUT2D eigenvalue weighted by Crippen LogP contribution is 2.45. The fourth-order valence-electron chi connectivity index (χ4n) is 7.58. The third-order valence-corrected chi connectivity index (χ3v) is 9.90. The first-order valence-electron chi connectivity index (χ1n) is 16.8. The van der Waals surface area contributed by atoms with Gasteiger partial charge in [-0.15, -0.1) is 0 Å². The summed E-state index contributed by atoms with van der Waals surface area (Å²) in [6, 6.07) is 58.1. The SMILES string of the molecule is c1ccc(-c2ccc3oc4c(-c5ccccc5C5=Nc6c(c7ccccc7c7ccccc67)NC5)cc(-c5ccccc5)cc4c3c2)cc1. The Kier molecular flexibility index (Phi) is 6.25. The number of hydrogen-bond acceptors (Lipinski definition) is 3. The van der Waals surface area contributed by atoms with E-state index in [1.165, 1.54) is 32.8 Å². The molecule has 3 nitrogen and oxygen atoms in total. The smallest absolute Gasteiger partial charge is 0.143 e. The molecule has 0 fully saturated rings. The summed E-state index contributed by atoms with van der Waals surface area (Å²) in [5.41, 5.74) is 12.8. The summed E-state index contributed by atoms with van der Waals surface area (Å²) in [6.45, 7) is 0.619. The van der Waals surface area contributed by atoms with Gasteiger partial charge in [0.15, 0.2) is 0 Å². The number of fused-ring (bicyclic) bond motifs is 9. The van der Waals surface area contributed by atoms with Gasteiger partial charge in [-0.3, -0.25) is 0 Å². The van der Waals surface area contributed by atoms with Crippen LogP contribution in [-0.2, 0) is 0 Å². The van der Waals surface area contributed by atoms with Gasteiger partial charge < -0.3 is 9.73 Å². The average Bonchev–Trinajstić information content (AvgIpc) is 3.56. The molecule has 0 radical (unpaired) electrons. The monoisotopic (exact) mass is 626 g/mol. The molecular formula is C46H30N2O. The topological polar surface area (TPSA) is 37.5 Å². The van der Waals surface area contributed by atoms with E-state index >= 15 is 0 Å². The van der Waals surface area contributed by atoms with Crippen molar-refractivity contribution >= 4 is 60.6 Å². The molecule has 0 bridgehead atoms. The molecule has 10 rings (SSSR count). The zero-order valence-corrected chi connectivity index (χ0v) is 26.7. The molecule has 0 amide bonds. The van der Waals surface area contributed by atoms with Crippen molar-refractivity contribution in [1.29, 1.82) is 0 Å². The summed E-state index contributed by atoms with van der Waals surface area (Å²) in [4.78, 5) is 5.45. The normalized spacial score (nSPS) is 12.7. The standard InChI is InChI=1S/C46H30N2O/c1-3-13-29(14-4-1)31-23-24-43-39(25-31)41-27-32(30-15-5-2-6-16-30)26-40(46(41)49-43)35-19-7-10-20-36(35)42-28-47-44-37-21-11-8-17-33(37)34-18-9-12-22-38(34)45(44)48-42/h1-27,47H,28H2. The van der Waals surface area contributed by atoms with Crippen LogP contribution in [0.2, 0.25) is 0 Å². The third-order valence-electron chi connectivity index (χ3n) is 9.90. The van der Waals surface area contributed by atoms with Crippen LogP contribution in [-0.4, -0.2) is 12.3 Å². The largest absolute Gasteiger partial charge is 0.455 e. The van der Waals surface area contributed by atoms with Crippen molar-refractivity contribution in [3.8, 4) is 33.4 Å². The fraction of sp³-hybridized carbons (Fsp3) is 0.0217. The Morgan fingerprint density at radius 1 is 0.429 bits per heavy atom. The maximum Gasteiger partial charge on any atom is 0.143 e. The molecule has 0 saturated carbocycles. The van der Waals surface area contributed by atoms with Gasteiger partial charge in [0.05, 0.1) is 23.6 Å². The lowest BCUT2D eigenvalue weighted by Crippen LogP contribution is -2.19. The molecule has 230 valence electrons. The Bertz CT molecular complexity index is 2760. The van der Waals surface area contributed by atoms with Gasteiger partial charge in [-0.05, 0) is 62.9 Å². The third kappa shape index (κ3) is 4.47. The number of anilines is 1. The first kappa shape index (κ1) is 27.6. The molecule has 9 aromatic rings. The predicted octanol–water partition coefficient (Wildman–Crippen LogP) is 12.4. The number of hydrogen-bond donors (Lipinski definition) is 1. The molecule has 3 heteroatoms. The molecule has 2 heterocycles. The lowest BCUT2D eigenvalue weighted by atomic mass is 9.91. The second kappa shape index (κ2) is 11.1. The van der Waals surface area contributed by atoms with Gasteiger partial charge in [-0.25, -0.2) is 4.99 Å². The van der Waals surface area contributed by atoms with Crippen LogP contribution in [0.25, 0.3) is 76.9 Å². The second-order valence-corrected chi connectivity index (χ2v) is 12.7. The number of benzene rings is 8. The molecule has 0 saturated heterocycles. The second-order valence-electron chi connectivity index (χ2n) is 12.7. The van der Waals surface area contributed by atoms with Crippen molar-refractivity contribution in [2.75, 3.05) is 11.9 Å². The number of aliphatic imine (C=N–C) groups is 1. The molecule has 49 heavy (non-hydrogen) atoms. The van der Waals surface area contributed by atoms with E-state index < -0.39 is 0 Å². The van der Waals surface area contributed by atoms with Crippen LogP contribution in [0.4, 0.5) is 11.4 Å². The lowest BCUT2D eigenvalue weighted by molar-refractivity contribution is 0.670. The highest BCUT2D eigenvalue weighted by molar-refractivity contribution is 6.24. The summed E-state index contributed by atoms with van der Waals surface area (Å²) in [6.07, 6.45) is 0. The van der Waals surface area contributed by atoms with Crippen molar-refractivity contribution in [1.82, 2.24) is 0 Å². The zero-order valence-electron chi connectivity index (χ0n) is 26.7. The Balaban J connectivity index is 1.22. The molecular weight excluding hydrogens is 597 g/mol. The molecule has 8 aromatic carbocycles. The van der Waals surface area contributed by atoms with Crippen molar-refractivity contribution in [3.05, 3.63) is 169 Å². The van der Waals surface area contributed by atoms with Crippen LogP contribution in [0.3, 0.4) is 0 Å². The molecule has 1 N–H and O–H groups in total. The van der Waals surface area contributed by atoms with E-state index in [0.29, 0.717) is 6.54 Å². The fourth-order valence-corrected chi connectivity index (χ4v) is 7.58. The molecule has 0 unspecified atom stereocenters. The first-order valence-corrected chi connectivity index (χ1v) is 16.8. The van der Waals surface area contributed by atoms with E-state index in [0.717, 1.165) is 66.7 Å². The summed E-state index contributed by atoms with van der Waals surface area (Å²) in [5, 5.41) is 10.8. The highest BCUT2D eigenvalue weighted by atomic mass is 16.3. The summed E-state index contributed by atoms with van der Waals surface area (Å²) in [5.74, 6) is 0. The molecule has 1 aromatic heterocycles. The van der Waals surface area contributed by atoms with E-state index in [2.05, 4.69) is 169 Å². The van der Waals surface area contributed by atoms with Gasteiger partial charge in [-0.2, -0.15) is 0 Å². The van der Waals surface area contributed by atoms with E-state index in [-0.39, 0.29) is 0 Å². The number of nitrogens with one attached hydrogen (secondary N) is 1. The highest BCUT2D eigenvalue weighted by Gasteiger charge is 2.23. The summed E-state index contributed by atoms with van der Waals surface area (Å²) in [7, 11) is 0. The first-order chi connectivity index (χ1) is 24.3. The predicted molar refractivity (Wildman–Crippen MR) is 206 cm³/mol. The van der Waals surface area contributed by atoms with Gasteiger partial charge in [0.25, 0.3) is 0 Å². The molecule has 1 aliphatic rings. The van der Waals surface area contributed by atoms with Crippen LogP contribution < -0.4 is 5.32 Å². The van der Waals surface area contributed by atoms with Crippen LogP contribution in [0.5, 0.6) is 0 Å².